The Morgan fingerprint density at radius 3 is 2.43 bits per heavy atom. The van der Waals surface area contributed by atoms with Crippen LogP contribution in [0, 0.1) is 0 Å². The summed E-state index contributed by atoms with van der Waals surface area (Å²) in [5.41, 5.74) is 1.08. The van der Waals surface area contributed by atoms with E-state index in [4.69, 9.17) is 9.31 Å². The maximum atomic E-state index is 11.8. The van der Waals surface area contributed by atoms with Crippen LogP contribution in [0.15, 0.2) is 24.3 Å². The van der Waals surface area contributed by atoms with Gasteiger partial charge in [-0.15, -0.1) is 0 Å². The summed E-state index contributed by atoms with van der Waals surface area (Å²) in [5, 5.41) is 2.81. The number of carbonyl (C=O) groups excluding carboxylic acids is 1. The molecule has 2 fully saturated rings. The van der Waals surface area contributed by atoms with Crippen LogP contribution in [-0.2, 0) is 9.31 Å². The van der Waals surface area contributed by atoms with Gasteiger partial charge in [0.05, 0.1) is 11.2 Å². The molecule has 112 valence electrons. The number of benzene rings is 1. The molecule has 1 aromatic carbocycles. The van der Waals surface area contributed by atoms with Gasteiger partial charge in [0.15, 0.2) is 0 Å². The first kappa shape index (κ1) is 14.4. The summed E-state index contributed by atoms with van der Waals surface area (Å²) in [6.07, 6.45) is 0. The lowest BCUT2D eigenvalue weighted by Gasteiger charge is -2.32. The predicted octanol–water partition coefficient (Wildman–Crippen LogP) is 1.52. The summed E-state index contributed by atoms with van der Waals surface area (Å²) >= 11 is 0. The molecular formula is C15H21BN2O3. The lowest BCUT2D eigenvalue weighted by Crippen LogP contribution is -2.41. The van der Waals surface area contributed by atoms with Crippen molar-refractivity contribution in [1.82, 2.24) is 5.32 Å². The minimum atomic E-state index is -0.402. The number of rotatable bonds is 2. The summed E-state index contributed by atoms with van der Waals surface area (Å²) < 4.78 is 12.1. The van der Waals surface area contributed by atoms with Crippen molar-refractivity contribution >= 4 is 24.3 Å². The zero-order chi connectivity index (χ0) is 15.3. The molecule has 2 saturated heterocycles. The van der Waals surface area contributed by atoms with Crippen LogP contribution in [0.25, 0.3) is 0 Å². The Bertz CT molecular complexity index is 558. The van der Waals surface area contributed by atoms with Crippen LogP contribution in [0.5, 0.6) is 0 Å². The summed E-state index contributed by atoms with van der Waals surface area (Å²) in [6, 6.07) is 7.74. The van der Waals surface area contributed by atoms with Gasteiger partial charge in [-0.2, -0.15) is 0 Å². The molecule has 0 radical (unpaired) electrons. The number of urea groups is 1. The summed E-state index contributed by atoms with van der Waals surface area (Å²) in [5.74, 6) is 0. The molecule has 0 saturated carbocycles. The highest BCUT2D eigenvalue weighted by molar-refractivity contribution is 6.62. The third-order valence-electron chi connectivity index (χ3n) is 4.56. The normalized spacial score (nSPS) is 23.5. The molecule has 5 nitrogen and oxygen atoms in total. The molecule has 0 aromatic heterocycles. The number of anilines is 1. The van der Waals surface area contributed by atoms with Crippen LogP contribution in [-0.4, -0.2) is 37.4 Å². The Balaban J connectivity index is 1.86. The van der Waals surface area contributed by atoms with Gasteiger partial charge in [-0.3, -0.25) is 4.90 Å². The molecule has 3 rings (SSSR count). The number of hydrogen-bond donors (Lipinski definition) is 1. The average molecular weight is 288 g/mol. The highest BCUT2D eigenvalue weighted by Gasteiger charge is 2.51. The Morgan fingerprint density at radius 2 is 1.86 bits per heavy atom. The van der Waals surface area contributed by atoms with Gasteiger partial charge in [-0.1, -0.05) is 12.1 Å². The average Bonchev–Trinajstić information content (AvgIpc) is 2.92. The van der Waals surface area contributed by atoms with Gasteiger partial charge in [-0.05, 0) is 45.3 Å². The first-order valence-electron chi connectivity index (χ1n) is 7.31. The van der Waals surface area contributed by atoms with E-state index < -0.39 is 7.12 Å². The Hall–Kier alpha value is -1.53. The van der Waals surface area contributed by atoms with Gasteiger partial charge in [0, 0.05) is 18.8 Å². The Labute approximate surface area is 125 Å². The van der Waals surface area contributed by atoms with Crippen LogP contribution < -0.4 is 15.7 Å². The van der Waals surface area contributed by atoms with Gasteiger partial charge in [0.25, 0.3) is 0 Å². The molecular weight excluding hydrogens is 267 g/mol. The van der Waals surface area contributed by atoms with E-state index >= 15 is 0 Å². The summed E-state index contributed by atoms with van der Waals surface area (Å²) in [4.78, 5) is 13.5. The van der Waals surface area contributed by atoms with E-state index in [1.807, 2.05) is 52.0 Å². The van der Waals surface area contributed by atoms with Crippen molar-refractivity contribution in [2.24, 2.45) is 0 Å². The highest BCUT2D eigenvalue weighted by Crippen LogP contribution is 2.36. The molecule has 2 aliphatic rings. The fourth-order valence-corrected chi connectivity index (χ4v) is 2.54. The van der Waals surface area contributed by atoms with Gasteiger partial charge < -0.3 is 14.6 Å². The molecule has 6 heteroatoms. The fraction of sp³-hybridized carbons (Fsp3) is 0.533. The standard InChI is InChI=1S/C15H21BN2O3/c1-14(2)15(3,4)21-16(20-14)11-6-5-7-12(10-11)18-9-8-17-13(18)19/h5-7,10H,8-9H2,1-4H3,(H,17,19). The SMILES string of the molecule is CC1(C)OB(c2cccc(N3CCNC3=O)c2)OC1(C)C. The van der Waals surface area contributed by atoms with Crippen molar-refractivity contribution in [2.45, 2.75) is 38.9 Å². The Morgan fingerprint density at radius 1 is 1.19 bits per heavy atom. The lowest BCUT2D eigenvalue weighted by molar-refractivity contribution is 0.00578. The van der Waals surface area contributed by atoms with E-state index in [1.54, 1.807) is 4.90 Å². The van der Waals surface area contributed by atoms with E-state index in [0.717, 1.165) is 11.2 Å². The molecule has 1 N–H and O–H groups in total. The molecule has 0 unspecified atom stereocenters. The van der Waals surface area contributed by atoms with Gasteiger partial charge in [-0.25, -0.2) is 4.79 Å². The number of nitrogens with zero attached hydrogens (tertiary/aromatic N) is 1. The second-order valence-corrected chi connectivity index (χ2v) is 6.57. The number of carbonyl (C=O) groups is 1. The van der Waals surface area contributed by atoms with Crippen LogP contribution in [0.3, 0.4) is 0 Å². The van der Waals surface area contributed by atoms with Gasteiger partial charge in [0.1, 0.15) is 0 Å². The first-order chi connectivity index (χ1) is 9.80. The molecule has 21 heavy (non-hydrogen) atoms. The minimum absolute atomic E-state index is 0.0546. The molecule has 0 spiro atoms. The quantitative estimate of drug-likeness (QED) is 0.839. The Kier molecular flexibility index (Phi) is 3.26. The fourth-order valence-electron chi connectivity index (χ4n) is 2.54. The number of amides is 2. The van der Waals surface area contributed by atoms with Crippen molar-refractivity contribution in [3.05, 3.63) is 24.3 Å². The van der Waals surface area contributed by atoms with Crippen LogP contribution in [0.2, 0.25) is 0 Å². The topological polar surface area (TPSA) is 50.8 Å². The van der Waals surface area contributed by atoms with Gasteiger partial charge in [0.2, 0.25) is 0 Å². The zero-order valence-electron chi connectivity index (χ0n) is 13.0. The molecule has 0 atom stereocenters. The second kappa shape index (κ2) is 4.75. The van der Waals surface area contributed by atoms with Crippen LogP contribution >= 0.6 is 0 Å². The zero-order valence-corrected chi connectivity index (χ0v) is 13.0. The van der Waals surface area contributed by atoms with Crippen LogP contribution in [0.1, 0.15) is 27.7 Å². The van der Waals surface area contributed by atoms with Crippen molar-refractivity contribution in [3.63, 3.8) is 0 Å². The molecule has 2 amide bonds. The van der Waals surface area contributed by atoms with E-state index in [2.05, 4.69) is 5.32 Å². The molecule has 2 heterocycles. The summed E-state index contributed by atoms with van der Waals surface area (Å²) in [7, 11) is -0.402. The molecule has 2 aliphatic heterocycles. The predicted molar refractivity (Wildman–Crippen MR) is 82.9 cm³/mol. The number of nitrogens with one attached hydrogen (secondary N) is 1. The third-order valence-corrected chi connectivity index (χ3v) is 4.56. The minimum Gasteiger partial charge on any atom is -0.399 e. The second-order valence-electron chi connectivity index (χ2n) is 6.57. The van der Waals surface area contributed by atoms with E-state index in [9.17, 15) is 4.79 Å². The number of hydrogen-bond acceptors (Lipinski definition) is 3. The van der Waals surface area contributed by atoms with Crippen molar-refractivity contribution in [2.75, 3.05) is 18.0 Å². The third kappa shape index (κ3) is 2.42. The lowest BCUT2D eigenvalue weighted by atomic mass is 9.79. The van der Waals surface area contributed by atoms with Crippen molar-refractivity contribution in [1.29, 1.82) is 0 Å². The molecule has 0 bridgehead atoms. The van der Waals surface area contributed by atoms with Gasteiger partial charge >= 0.3 is 13.1 Å². The van der Waals surface area contributed by atoms with Crippen molar-refractivity contribution in [3.8, 4) is 0 Å². The largest absolute Gasteiger partial charge is 0.494 e. The monoisotopic (exact) mass is 288 g/mol. The highest BCUT2D eigenvalue weighted by atomic mass is 16.7. The maximum Gasteiger partial charge on any atom is 0.494 e. The molecule has 1 aromatic rings. The summed E-state index contributed by atoms with van der Waals surface area (Å²) in [6.45, 7) is 9.50. The maximum absolute atomic E-state index is 11.8. The van der Waals surface area contributed by atoms with Crippen LogP contribution in [0.4, 0.5) is 10.5 Å². The smallest absolute Gasteiger partial charge is 0.399 e. The van der Waals surface area contributed by atoms with Crippen molar-refractivity contribution < 1.29 is 14.1 Å². The van der Waals surface area contributed by atoms with E-state index in [0.29, 0.717) is 13.1 Å². The van der Waals surface area contributed by atoms with E-state index in [-0.39, 0.29) is 17.2 Å². The first-order valence-corrected chi connectivity index (χ1v) is 7.31. The van der Waals surface area contributed by atoms with E-state index in [1.165, 1.54) is 0 Å². The molecule has 0 aliphatic carbocycles.